The van der Waals surface area contributed by atoms with E-state index in [-0.39, 0.29) is 10.9 Å². The van der Waals surface area contributed by atoms with Gasteiger partial charge in [0, 0.05) is 4.88 Å². The average Bonchev–Trinajstić information content (AvgIpc) is 2.87. The van der Waals surface area contributed by atoms with E-state index in [9.17, 15) is 4.79 Å². The molecule has 108 valence electrons. The van der Waals surface area contributed by atoms with Crippen LogP contribution in [0.2, 0.25) is 0 Å². The van der Waals surface area contributed by atoms with Crippen LogP contribution in [-0.2, 0) is 6.54 Å². The van der Waals surface area contributed by atoms with Crippen molar-refractivity contribution in [2.24, 2.45) is 0 Å². The van der Waals surface area contributed by atoms with Crippen LogP contribution in [0.3, 0.4) is 0 Å². The highest BCUT2D eigenvalue weighted by Crippen LogP contribution is 2.25. The maximum Gasteiger partial charge on any atom is 0.261 e. The first-order valence-corrected chi connectivity index (χ1v) is 8.48. The minimum absolute atomic E-state index is 0.0485. The number of nitrogens with zero attached hydrogens (tertiary/aromatic N) is 2. The molecule has 2 aromatic heterocycles. The molecule has 0 spiro atoms. The molecule has 3 nitrogen and oxygen atoms in total. The molecule has 1 atom stereocenters. The van der Waals surface area contributed by atoms with E-state index in [0.29, 0.717) is 23.3 Å². The molecule has 0 aliphatic carbocycles. The molecule has 0 N–H and O–H groups in total. The van der Waals surface area contributed by atoms with Gasteiger partial charge in [-0.1, -0.05) is 12.1 Å². The summed E-state index contributed by atoms with van der Waals surface area (Å²) in [6.45, 7) is 2.32. The molecule has 1 unspecified atom stereocenters. The van der Waals surface area contributed by atoms with Crippen molar-refractivity contribution in [2.75, 3.05) is 0 Å². The zero-order valence-corrected chi connectivity index (χ0v) is 14.4. The summed E-state index contributed by atoms with van der Waals surface area (Å²) < 4.78 is 2.71. The summed E-state index contributed by atoms with van der Waals surface area (Å²) in [5.41, 5.74) is 0.640. The normalized spacial score (nSPS) is 12.7. The van der Waals surface area contributed by atoms with Gasteiger partial charge in [-0.2, -0.15) is 0 Å². The van der Waals surface area contributed by atoms with E-state index in [2.05, 4.69) is 20.9 Å². The molecule has 0 bridgehead atoms. The topological polar surface area (TPSA) is 34.9 Å². The molecular formula is C15H12BrClN2OS. The second kappa shape index (κ2) is 5.91. The van der Waals surface area contributed by atoms with Gasteiger partial charge in [0.15, 0.2) is 0 Å². The Morgan fingerprint density at radius 3 is 2.76 bits per heavy atom. The molecule has 21 heavy (non-hydrogen) atoms. The fourth-order valence-corrected chi connectivity index (χ4v) is 3.87. The quantitative estimate of drug-likeness (QED) is 0.621. The third kappa shape index (κ3) is 2.91. The lowest BCUT2D eigenvalue weighted by atomic mass is 10.2. The molecule has 0 saturated carbocycles. The average molecular weight is 384 g/mol. The SMILES string of the molecule is CC(Cl)c1nc2ccccc2c(=O)n1Cc1ccc(Br)s1. The van der Waals surface area contributed by atoms with Gasteiger partial charge in [-0.05, 0) is 47.1 Å². The molecule has 0 amide bonds. The lowest BCUT2D eigenvalue weighted by Gasteiger charge is -2.14. The summed E-state index contributed by atoms with van der Waals surface area (Å²) >= 11 is 11.3. The second-order valence-electron chi connectivity index (χ2n) is 4.70. The van der Waals surface area contributed by atoms with Gasteiger partial charge in [0.1, 0.15) is 5.82 Å². The van der Waals surface area contributed by atoms with Gasteiger partial charge in [-0.25, -0.2) is 4.98 Å². The highest BCUT2D eigenvalue weighted by atomic mass is 79.9. The van der Waals surface area contributed by atoms with Crippen LogP contribution in [0.5, 0.6) is 0 Å². The molecule has 3 rings (SSSR count). The van der Waals surface area contributed by atoms with Crippen LogP contribution < -0.4 is 5.56 Å². The van der Waals surface area contributed by atoms with E-state index >= 15 is 0 Å². The smallest absolute Gasteiger partial charge is 0.261 e. The van der Waals surface area contributed by atoms with E-state index in [1.54, 1.807) is 22.0 Å². The van der Waals surface area contributed by atoms with Crippen LogP contribution in [0.15, 0.2) is 45.0 Å². The molecule has 6 heteroatoms. The van der Waals surface area contributed by atoms with Crippen molar-refractivity contribution in [3.05, 3.63) is 61.2 Å². The van der Waals surface area contributed by atoms with Crippen molar-refractivity contribution in [3.8, 4) is 0 Å². The van der Waals surface area contributed by atoms with Crippen molar-refractivity contribution in [1.29, 1.82) is 0 Å². The zero-order valence-electron chi connectivity index (χ0n) is 11.2. The Hall–Kier alpha value is -1.17. The Morgan fingerprint density at radius 1 is 1.33 bits per heavy atom. The van der Waals surface area contributed by atoms with E-state index < -0.39 is 0 Å². The van der Waals surface area contributed by atoms with Crippen LogP contribution in [0, 0.1) is 0 Å². The van der Waals surface area contributed by atoms with Gasteiger partial charge in [0.05, 0.1) is 26.6 Å². The summed E-state index contributed by atoms with van der Waals surface area (Å²) in [5, 5.41) is 0.292. The molecule has 0 saturated heterocycles. The summed E-state index contributed by atoms with van der Waals surface area (Å²) in [7, 11) is 0. The van der Waals surface area contributed by atoms with Gasteiger partial charge >= 0.3 is 0 Å². The van der Waals surface area contributed by atoms with Gasteiger partial charge in [0.2, 0.25) is 0 Å². The van der Waals surface area contributed by atoms with Gasteiger partial charge in [0.25, 0.3) is 5.56 Å². The number of rotatable bonds is 3. The number of hydrogen-bond acceptors (Lipinski definition) is 3. The third-order valence-electron chi connectivity index (χ3n) is 3.19. The van der Waals surface area contributed by atoms with Crippen molar-refractivity contribution in [1.82, 2.24) is 9.55 Å². The second-order valence-corrected chi connectivity index (χ2v) is 7.90. The predicted molar refractivity (Wildman–Crippen MR) is 91.4 cm³/mol. The number of halogens is 2. The van der Waals surface area contributed by atoms with Crippen LogP contribution >= 0.6 is 38.9 Å². The summed E-state index contributed by atoms with van der Waals surface area (Å²) in [6, 6.07) is 11.3. The number of fused-ring (bicyclic) bond motifs is 1. The molecular weight excluding hydrogens is 372 g/mol. The van der Waals surface area contributed by atoms with E-state index in [0.717, 1.165) is 8.66 Å². The Balaban J connectivity index is 2.21. The van der Waals surface area contributed by atoms with E-state index in [1.807, 2.05) is 37.3 Å². The molecule has 1 aromatic carbocycles. The minimum Gasteiger partial charge on any atom is -0.290 e. The van der Waals surface area contributed by atoms with Crippen molar-refractivity contribution >= 4 is 49.8 Å². The number of aromatic nitrogens is 2. The number of para-hydroxylation sites is 1. The highest BCUT2D eigenvalue weighted by molar-refractivity contribution is 9.11. The fourth-order valence-electron chi connectivity index (χ4n) is 2.23. The van der Waals surface area contributed by atoms with Crippen LogP contribution in [0.25, 0.3) is 10.9 Å². The van der Waals surface area contributed by atoms with Gasteiger partial charge in [-0.15, -0.1) is 22.9 Å². The van der Waals surface area contributed by atoms with Crippen LogP contribution in [0.4, 0.5) is 0 Å². The molecule has 0 aliphatic heterocycles. The number of benzene rings is 1. The summed E-state index contributed by atoms with van der Waals surface area (Å²) in [4.78, 5) is 18.4. The number of alkyl halides is 1. The first kappa shape index (κ1) is 14.8. The van der Waals surface area contributed by atoms with Crippen molar-refractivity contribution in [2.45, 2.75) is 18.8 Å². The highest BCUT2D eigenvalue weighted by Gasteiger charge is 2.15. The molecule has 0 radical (unpaired) electrons. The zero-order chi connectivity index (χ0) is 15.0. The molecule has 2 heterocycles. The Morgan fingerprint density at radius 2 is 2.10 bits per heavy atom. The van der Waals surface area contributed by atoms with Crippen molar-refractivity contribution < 1.29 is 0 Å². The van der Waals surface area contributed by atoms with E-state index in [4.69, 9.17) is 11.6 Å². The molecule has 0 aliphatic rings. The molecule has 0 fully saturated rings. The first-order chi connectivity index (χ1) is 10.1. The largest absolute Gasteiger partial charge is 0.290 e. The standard InChI is InChI=1S/C15H12BrClN2OS/c1-9(17)14-18-12-5-3-2-4-11(12)15(20)19(14)8-10-6-7-13(16)21-10/h2-7,9H,8H2,1H3. The lowest BCUT2D eigenvalue weighted by molar-refractivity contribution is 0.685. The monoisotopic (exact) mass is 382 g/mol. The van der Waals surface area contributed by atoms with Crippen LogP contribution in [0.1, 0.15) is 23.0 Å². The summed E-state index contributed by atoms with van der Waals surface area (Å²) in [5.74, 6) is 0.602. The van der Waals surface area contributed by atoms with Gasteiger partial charge in [-0.3, -0.25) is 9.36 Å². The van der Waals surface area contributed by atoms with Crippen molar-refractivity contribution in [3.63, 3.8) is 0 Å². The van der Waals surface area contributed by atoms with E-state index in [1.165, 1.54) is 0 Å². The summed E-state index contributed by atoms with van der Waals surface area (Å²) in [6.07, 6.45) is 0. The van der Waals surface area contributed by atoms with Crippen LogP contribution in [-0.4, -0.2) is 9.55 Å². The maximum absolute atomic E-state index is 12.7. The Labute approximate surface area is 139 Å². The lowest BCUT2D eigenvalue weighted by Crippen LogP contribution is -2.26. The maximum atomic E-state index is 12.7. The molecule has 3 aromatic rings. The Kier molecular flexibility index (Phi) is 4.15. The van der Waals surface area contributed by atoms with Gasteiger partial charge < -0.3 is 0 Å². The first-order valence-electron chi connectivity index (χ1n) is 6.44. The third-order valence-corrected chi connectivity index (χ3v) is 4.99. The minimum atomic E-state index is -0.328. The Bertz CT molecular complexity index is 856. The number of thiophene rings is 1. The predicted octanol–water partition coefficient (Wildman–Crippen LogP) is 4.57. The fraction of sp³-hybridized carbons (Fsp3) is 0.200. The number of hydrogen-bond donors (Lipinski definition) is 0.